The molecule has 0 aliphatic heterocycles. The average Bonchev–Trinajstić information content (AvgIpc) is 2.43. The van der Waals surface area contributed by atoms with Gasteiger partial charge >= 0.3 is 0 Å². The van der Waals surface area contributed by atoms with Gasteiger partial charge in [0.05, 0.1) is 13.2 Å². The maximum absolute atomic E-state index is 5.71. The molecule has 100 valence electrons. The number of halogens is 1. The third kappa shape index (κ3) is 4.60. The quantitative estimate of drug-likeness (QED) is 0.781. The average molecular weight is 321 g/mol. The van der Waals surface area contributed by atoms with E-state index in [1.54, 1.807) is 0 Å². The lowest BCUT2D eigenvalue weighted by Gasteiger charge is -2.08. The summed E-state index contributed by atoms with van der Waals surface area (Å²) in [6.07, 6.45) is 0.903. The Balaban J connectivity index is 1.80. The first kappa shape index (κ1) is 13.9. The lowest BCUT2D eigenvalue weighted by Crippen LogP contribution is -2.01. The van der Waals surface area contributed by atoms with Crippen LogP contribution in [0.15, 0.2) is 53.0 Å². The van der Waals surface area contributed by atoms with Crippen molar-refractivity contribution in [1.29, 1.82) is 0 Å². The van der Waals surface area contributed by atoms with Crippen LogP contribution in [-0.2, 0) is 6.42 Å². The van der Waals surface area contributed by atoms with E-state index < -0.39 is 0 Å². The standard InChI is InChI=1S/C16H17BrO2/c1-2-18-15-7-9-16(10-8-15)19-12-11-13-3-5-14(17)6-4-13/h3-10H,2,11-12H2,1H3. The maximum atomic E-state index is 5.71. The number of hydrogen-bond acceptors (Lipinski definition) is 2. The molecule has 2 aromatic carbocycles. The molecule has 0 amide bonds. The van der Waals surface area contributed by atoms with Crippen LogP contribution in [-0.4, -0.2) is 13.2 Å². The van der Waals surface area contributed by atoms with Crippen molar-refractivity contribution in [2.24, 2.45) is 0 Å². The second-order valence-corrected chi connectivity index (χ2v) is 5.05. The van der Waals surface area contributed by atoms with E-state index in [1.165, 1.54) is 5.56 Å². The Kier molecular flexibility index (Phi) is 5.28. The van der Waals surface area contributed by atoms with Crippen LogP contribution in [0.25, 0.3) is 0 Å². The topological polar surface area (TPSA) is 18.5 Å². The van der Waals surface area contributed by atoms with Crippen LogP contribution < -0.4 is 9.47 Å². The molecule has 19 heavy (non-hydrogen) atoms. The minimum atomic E-state index is 0.676. The van der Waals surface area contributed by atoms with E-state index in [1.807, 2.05) is 43.3 Å². The van der Waals surface area contributed by atoms with Crippen LogP contribution in [0.1, 0.15) is 12.5 Å². The van der Waals surface area contributed by atoms with Gasteiger partial charge in [-0.1, -0.05) is 28.1 Å². The van der Waals surface area contributed by atoms with Gasteiger partial charge in [0.2, 0.25) is 0 Å². The summed E-state index contributed by atoms with van der Waals surface area (Å²) in [5.41, 5.74) is 1.27. The zero-order chi connectivity index (χ0) is 13.5. The molecule has 0 aliphatic carbocycles. The van der Waals surface area contributed by atoms with Crippen LogP contribution in [0.5, 0.6) is 11.5 Å². The number of ether oxygens (including phenoxy) is 2. The summed E-state index contributed by atoms with van der Waals surface area (Å²) in [5.74, 6) is 1.75. The summed E-state index contributed by atoms with van der Waals surface area (Å²) in [7, 11) is 0. The zero-order valence-corrected chi connectivity index (χ0v) is 12.5. The van der Waals surface area contributed by atoms with Crippen LogP contribution in [0.2, 0.25) is 0 Å². The van der Waals surface area contributed by atoms with Gasteiger partial charge in [0.1, 0.15) is 11.5 Å². The molecule has 0 spiro atoms. The Morgan fingerprint density at radius 1 is 0.842 bits per heavy atom. The van der Waals surface area contributed by atoms with Gasteiger partial charge in [0, 0.05) is 10.9 Å². The van der Waals surface area contributed by atoms with E-state index in [4.69, 9.17) is 9.47 Å². The molecule has 2 nitrogen and oxygen atoms in total. The van der Waals surface area contributed by atoms with Gasteiger partial charge in [-0.3, -0.25) is 0 Å². The predicted octanol–water partition coefficient (Wildman–Crippen LogP) is 4.47. The molecular formula is C16H17BrO2. The maximum Gasteiger partial charge on any atom is 0.119 e. The van der Waals surface area contributed by atoms with Crippen molar-refractivity contribution in [2.75, 3.05) is 13.2 Å². The van der Waals surface area contributed by atoms with Crippen molar-refractivity contribution < 1.29 is 9.47 Å². The SMILES string of the molecule is CCOc1ccc(OCCc2ccc(Br)cc2)cc1. The van der Waals surface area contributed by atoms with Crippen molar-refractivity contribution in [1.82, 2.24) is 0 Å². The fourth-order valence-corrected chi connectivity index (χ4v) is 2.00. The van der Waals surface area contributed by atoms with Crippen molar-refractivity contribution in [2.45, 2.75) is 13.3 Å². The smallest absolute Gasteiger partial charge is 0.119 e. The number of rotatable bonds is 6. The molecule has 0 heterocycles. The van der Waals surface area contributed by atoms with Gasteiger partial charge in [-0.25, -0.2) is 0 Å². The second-order valence-electron chi connectivity index (χ2n) is 4.13. The van der Waals surface area contributed by atoms with Gasteiger partial charge in [-0.2, -0.15) is 0 Å². The summed E-state index contributed by atoms with van der Waals surface area (Å²) in [5, 5.41) is 0. The zero-order valence-electron chi connectivity index (χ0n) is 10.9. The minimum absolute atomic E-state index is 0.676. The van der Waals surface area contributed by atoms with Crippen molar-refractivity contribution in [3.8, 4) is 11.5 Å². The molecule has 0 saturated carbocycles. The van der Waals surface area contributed by atoms with Crippen LogP contribution in [0.4, 0.5) is 0 Å². The first-order valence-electron chi connectivity index (χ1n) is 6.38. The second kappa shape index (κ2) is 7.19. The van der Waals surface area contributed by atoms with E-state index in [9.17, 15) is 0 Å². The first-order valence-corrected chi connectivity index (χ1v) is 7.17. The molecule has 0 fully saturated rings. The highest BCUT2D eigenvalue weighted by Gasteiger charge is 1.97. The monoisotopic (exact) mass is 320 g/mol. The summed E-state index contributed by atoms with van der Waals surface area (Å²) in [6.45, 7) is 3.34. The molecule has 0 N–H and O–H groups in total. The number of hydrogen-bond donors (Lipinski definition) is 0. The van der Waals surface area contributed by atoms with Gasteiger partial charge in [0.25, 0.3) is 0 Å². The molecule has 0 saturated heterocycles. The molecule has 2 aromatic rings. The Bertz CT molecular complexity index is 491. The van der Waals surface area contributed by atoms with Gasteiger partial charge < -0.3 is 9.47 Å². The minimum Gasteiger partial charge on any atom is -0.494 e. The number of benzene rings is 2. The van der Waals surface area contributed by atoms with Crippen LogP contribution in [0, 0.1) is 0 Å². The summed E-state index contributed by atoms with van der Waals surface area (Å²) in [6, 6.07) is 16.0. The molecule has 0 unspecified atom stereocenters. The molecule has 3 heteroatoms. The third-order valence-corrected chi connectivity index (χ3v) is 3.24. The molecule has 0 radical (unpaired) electrons. The molecule has 0 atom stereocenters. The Labute approximate surface area is 122 Å². The van der Waals surface area contributed by atoms with Crippen molar-refractivity contribution in [3.63, 3.8) is 0 Å². The summed E-state index contributed by atoms with van der Waals surface area (Å²) < 4.78 is 12.2. The third-order valence-electron chi connectivity index (χ3n) is 2.71. The largest absolute Gasteiger partial charge is 0.494 e. The predicted molar refractivity (Wildman–Crippen MR) is 81.0 cm³/mol. The fraction of sp³-hybridized carbons (Fsp3) is 0.250. The molecule has 2 rings (SSSR count). The van der Waals surface area contributed by atoms with E-state index in [0.29, 0.717) is 13.2 Å². The van der Waals surface area contributed by atoms with E-state index in [0.717, 1.165) is 22.4 Å². The van der Waals surface area contributed by atoms with Crippen LogP contribution in [0.3, 0.4) is 0 Å². The molecule has 0 aliphatic rings. The fourth-order valence-electron chi connectivity index (χ4n) is 1.74. The highest BCUT2D eigenvalue weighted by Crippen LogP contribution is 2.18. The lowest BCUT2D eigenvalue weighted by atomic mass is 10.2. The Morgan fingerprint density at radius 2 is 1.42 bits per heavy atom. The molecule has 0 aromatic heterocycles. The highest BCUT2D eigenvalue weighted by molar-refractivity contribution is 9.10. The van der Waals surface area contributed by atoms with Gasteiger partial charge in [-0.15, -0.1) is 0 Å². The van der Waals surface area contributed by atoms with Gasteiger partial charge in [0.15, 0.2) is 0 Å². The highest BCUT2D eigenvalue weighted by atomic mass is 79.9. The van der Waals surface area contributed by atoms with E-state index >= 15 is 0 Å². The van der Waals surface area contributed by atoms with E-state index in [-0.39, 0.29) is 0 Å². The summed E-state index contributed by atoms with van der Waals surface area (Å²) in [4.78, 5) is 0. The molecular weight excluding hydrogens is 304 g/mol. The Hall–Kier alpha value is -1.48. The normalized spacial score (nSPS) is 10.2. The van der Waals surface area contributed by atoms with Crippen molar-refractivity contribution in [3.05, 3.63) is 58.6 Å². The summed E-state index contributed by atoms with van der Waals surface area (Å²) >= 11 is 3.43. The van der Waals surface area contributed by atoms with Crippen molar-refractivity contribution >= 4 is 15.9 Å². The lowest BCUT2D eigenvalue weighted by molar-refractivity contribution is 0.318. The Morgan fingerprint density at radius 3 is 2.00 bits per heavy atom. The first-order chi connectivity index (χ1) is 9.28. The van der Waals surface area contributed by atoms with E-state index in [2.05, 4.69) is 28.1 Å². The van der Waals surface area contributed by atoms with Crippen LogP contribution >= 0.6 is 15.9 Å². The van der Waals surface area contributed by atoms with Gasteiger partial charge in [-0.05, 0) is 48.9 Å². The molecule has 0 bridgehead atoms.